The Morgan fingerprint density at radius 3 is 2.48 bits per heavy atom. The molecule has 0 bridgehead atoms. The number of ketones is 1. The van der Waals surface area contributed by atoms with Gasteiger partial charge < -0.3 is 20.7 Å². The fraction of sp³-hybridized carbons (Fsp3) is 0.542. The Hall–Kier alpha value is -2.75. The van der Waals surface area contributed by atoms with Gasteiger partial charge in [-0.1, -0.05) is 6.07 Å². The molecule has 0 radical (unpaired) electrons. The first-order chi connectivity index (χ1) is 15.8. The van der Waals surface area contributed by atoms with Crippen LogP contribution in [0.3, 0.4) is 0 Å². The van der Waals surface area contributed by atoms with Crippen molar-refractivity contribution in [2.24, 2.45) is 22.2 Å². The first kappa shape index (κ1) is 23.4. The number of aliphatic hydroxyl groups is 1. The number of hydrogen-bond donors (Lipinski definition) is 3. The number of piperidine rings is 1. The molecule has 9 nitrogen and oxygen atoms in total. The Balaban J connectivity index is 1.36. The van der Waals surface area contributed by atoms with Crippen LogP contribution in [0.25, 0.3) is 0 Å². The number of hydrazone groups is 1. The van der Waals surface area contributed by atoms with Gasteiger partial charge in [0.05, 0.1) is 17.2 Å². The molecule has 1 amide bonds. The van der Waals surface area contributed by atoms with Gasteiger partial charge in [0.2, 0.25) is 5.91 Å². The number of rotatable bonds is 6. The largest absolute Gasteiger partial charge is 0.387 e. The van der Waals surface area contributed by atoms with Crippen molar-refractivity contribution in [3.63, 3.8) is 0 Å². The third kappa shape index (κ3) is 4.40. The number of hydrogen-bond acceptors (Lipinski definition) is 7. The highest BCUT2D eigenvalue weighted by molar-refractivity contribution is 5.99. The molecular weight excluding hydrogens is 420 g/mol. The maximum Gasteiger partial charge on any atom is 0.233 e. The maximum absolute atomic E-state index is 13.3. The van der Waals surface area contributed by atoms with Gasteiger partial charge >= 0.3 is 0 Å². The Morgan fingerprint density at radius 1 is 1.18 bits per heavy atom. The lowest BCUT2D eigenvalue weighted by Crippen LogP contribution is -2.45. The van der Waals surface area contributed by atoms with Crippen molar-refractivity contribution in [2.75, 3.05) is 31.2 Å². The van der Waals surface area contributed by atoms with E-state index in [1.807, 2.05) is 36.9 Å². The average molecular weight is 455 g/mol. The highest BCUT2D eigenvalue weighted by Crippen LogP contribution is 2.44. The standard InChI is InChI=1S/C24H34N6O3/c1-16-13-18(30(26)15-27-25)3-4-19(16)22(32)14-28-10-7-24(8-11-28)9-12-29(23(24)33)20-5-6-21(31)17(20)2/h3-4,13,15,22,32H,5-12,14,25-26H2,1-2H3/b27-15-. The van der Waals surface area contributed by atoms with Crippen molar-refractivity contribution in [3.05, 3.63) is 40.6 Å². The van der Waals surface area contributed by atoms with Crippen LogP contribution in [0.4, 0.5) is 5.69 Å². The molecule has 1 aliphatic carbocycles. The zero-order valence-corrected chi connectivity index (χ0v) is 19.5. The van der Waals surface area contributed by atoms with Gasteiger partial charge in [-0.05, 0) is 75.9 Å². The SMILES string of the molecule is CC1=C(N2CCC3(CCN(CC(O)c4ccc(N(N)/C=N\N)cc4C)CC3)C2=O)CCC1=O. The van der Waals surface area contributed by atoms with Crippen LogP contribution >= 0.6 is 0 Å². The van der Waals surface area contributed by atoms with E-state index in [-0.39, 0.29) is 17.1 Å². The Bertz CT molecular complexity index is 996. The van der Waals surface area contributed by atoms with Gasteiger partial charge in [0.15, 0.2) is 5.78 Å². The van der Waals surface area contributed by atoms with Crippen LogP contribution in [0.15, 0.2) is 34.6 Å². The average Bonchev–Trinajstić information content (AvgIpc) is 3.29. The number of Topliss-reactive ketones (excluding diaryl/α,β-unsaturated/α-hetero) is 1. The molecule has 4 rings (SSSR count). The summed E-state index contributed by atoms with van der Waals surface area (Å²) >= 11 is 0. The minimum atomic E-state index is -0.629. The van der Waals surface area contributed by atoms with Crippen LogP contribution < -0.4 is 16.7 Å². The van der Waals surface area contributed by atoms with Crippen molar-refractivity contribution in [1.82, 2.24) is 9.80 Å². The quantitative estimate of drug-likeness (QED) is 0.257. The Labute approximate surface area is 194 Å². The van der Waals surface area contributed by atoms with Gasteiger partial charge in [0.1, 0.15) is 6.34 Å². The smallest absolute Gasteiger partial charge is 0.233 e. The van der Waals surface area contributed by atoms with E-state index >= 15 is 0 Å². The predicted octanol–water partition coefficient (Wildman–Crippen LogP) is 1.56. The monoisotopic (exact) mass is 454 g/mol. The molecule has 9 heteroatoms. The topological polar surface area (TPSA) is 128 Å². The Kier molecular flexibility index (Phi) is 6.56. The summed E-state index contributed by atoms with van der Waals surface area (Å²) in [5.74, 6) is 11.4. The van der Waals surface area contributed by atoms with E-state index in [0.29, 0.717) is 25.9 Å². The van der Waals surface area contributed by atoms with Crippen molar-refractivity contribution < 1.29 is 14.7 Å². The molecule has 0 saturated carbocycles. The molecule has 1 aromatic carbocycles. The minimum Gasteiger partial charge on any atom is -0.387 e. The molecule has 33 heavy (non-hydrogen) atoms. The summed E-state index contributed by atoms with van der Waals surface area (Å²) in [5.41, 5.74) is 3.89. The second-order valence-corrected chi connectivity index (χ2v) is 9.51. The number of nitrogens with two attached hydrogens (primary N) is 2. The third-order valence-corrected chi connectivity index (χ3v) is 7.62. The van der Waals surface area contributed by atoms with Crippen LogP contribution in [0.1, 0.15) is 56.3 Å². The van der Waals surface area contributed by atoms with Gasteiger partial charge in [-0.2, -0.15) is 5.10 Å². The third-order valence-electron chi connectivity index (χ3n) is 7.62. The number of allylic oxidation sites excluding steroid dienone is 2. The lowest BCUT2D eigenvalue weighted by Gasteiger charge is -2.39. The van der Waals surface area contributed by atoms with Gasteiger partial charge in [-0.15, -0.1) is 0 Å². The normalized spacial score (nSPS) is 22.2. The summed E-state index contributed by atoms with van der Waals surface area (Å²) in [6.07, 6.45) is 4.31. The molecule has 2 aliphatic heterocycles. The molecular formula is C24H34N6O3. The summed E-state index contributed by atoms with van der Waals surface area (Å²) in [5, 5.41) is 15.6. The van der Waals surface area contributed by atoms with Gasteiger partial charge in [-0.3, -0.25) is 14.6 Å². The lowest BCUT2D eigenvalue weighted by molar-refractivity contribution is -0.137. The first-order valence-electron chi connectivity index (χ1n) is 11.6. The number of amides is 1. The fourth-order valence-electron chi connectivity index (χ4n) is 5.49. The second kappa shape index (κ2) is 9.24. The number of carbonyl (C=O) groups excluding carboxylic acids is 2. The van der Waals surface area contributed by atoms with E-state index in [2.05, 4.69) is 10.0 Å². The van der Waals surface area contributed by atoms with Crippen LogP contribution in [0.5, 0.6) is 0 Å². The number of hydrazine groups is 1. The van der Waals surface area contributed by atoms with Crippen molar-refractivity contribution >= 4 is 23.7 Å². The zero-order chi connectivity index (χ0) is 23.8. The molecule has 178 valence electrons. The van der Waals surface area contributed by atoms with Crippen LogP contribution in [0.2, 0.25) is 0 Å². The van der Waals surface area contributed by atoms with Crippen LogP contribution in [0, 0.1) is 12.3 Å². The minimum absolute atomic E-state index is 0.164. The number of aliphatic hydroxyl groups excluding tert-OH is 1. The van der Waals surface area contributed by atoms with Crippen LogP contribution in [-0.4, -0.2) is 59.1 Å². The molecule has 2 saturated heterocycles. The lowest BCUT2D eigenvalue weighted by atomic mass is 9.77. The van der Waals surface area contributed by atoms with E-state index in [1.54, 1.807) is 0 Å². The number of carbonyl (C=O) groups is 2. The summed E-state index contributed by atoms with van der Waals surface area (Å²) in [7, 11) is 0. The predicted molar refractivity (Wildman–Crippen MR) is 127 cm³/mol. The summed E-state index contributed by atoms with van der Waals surface area (Å²) in [4.78, 5) is 29.4. The van der Waals surface area contributed by atoms with E-state index in [1.165, 1.54) is 11.3 Å². The van der Waals surface area contributed by atoms with Gasteiger partial charge in [0, 0.05) is 30.8 Å². The second-order valence-electron chi connectivity index (χ2n) is 9.51. The molecule has 1 spiro atoms. The summed E-state index contributed by atoms with van der Waals surface area (Å²) in [6.45, 7) is 6.56. The number of aryl methyl sites for hydroxylation is 1. The molecule has 2 fully saturated rings. The van der Waals surface area contributed by atoms with E-state index in [4.69, 9.17) is 11.7 Å². The number of nitrogens with zero attached hydrogens (tertiary/aromatic N) is 4. The van der Waals surface area contributed by atoms with Crippen molar-refractivity contribution in [1.29, 1.82) is 0 Å². The van der Waals surface area contributed by atoms with Gasteiger partial charge in [0.25, 0.3) is 0 Å². The molecule has 5 N–H and O–H groups in total. The zero-order valence-electron chi connectivity index (χ0n) is 19.5. The molecule has 1 aromatic rings. The molecule has 1 unspecified atom stereocenters. The number of anilines is 1. The molecule has 1 atom stereocenters. The van der Waals surface area contributed by atoms with E-state index in [9.17, 15) is 14.7 Å². The van der Waals surface area contributed by atoms with E-state index < -0.39 is 6.10 Å². The van der Waals surface area contributed by atoms with E-state index in [0.717, 1.165) is 60.4 Å². The maximum atomic E-state index is 13.3. The van der Waals surface area contributed by atoms with Crippen LogP contribution in [-0.2, 0) is 9.59 Å². The summed E-state index contributed by atoms with van der Waals surface area (Å²) < 4.78 is 0. The molecule has 3 aliphatic rings. The highest BCUT2D eigenvalue weighted by atomic mass is 16.3. The number of benzene rings is 1. The Morgan fingerprint density at radius 2 is 1.88 bits per heavy atom. The van der Waals surface area contributed by atoms with Crippen molar-refractivity contribution in [3.8, 4) is 0 Å². The highest BCUT2D eigenvalue weighted by Gasteiger charge is 2.49. The summed E-state index contributed by atoms with van der Waals surface area (Å²) in [6, 6.07) is 5.60. The molecule has 0 aromatic heterocycles. The van der Waals surface area contributed by atoms with Crippen molar-refractivity contribution in [2.45, 2.75) is 52.1 Å². The first-order valence-corrected chi connectivity index (χ1v) is 11.6. The number of β-amino-alcohol motifs (C(OH)–C–C–N with tert-alkyl or cyclic N) is 1. The number of likely N-dealkylation sites (tertiary alicyclic amines) is 2. The van der Waals surface area contributed by atoms with Gasteiger partial charge in [-0.25, -0.2) is 5.84 Å². The molecule has 2 heterocycles. The fourth-order valence-corrected chi connectivity index (χ4v) is 5.49.